The number of nitrogens with two attached hydrogens (primary N) is 1. The number of likely N-dealkylation sites (tertiary alicyclic amines) is 2. The minimum Gasteiger partial charge on any atom is -0.397 e. The summed E-state index contributed by atoms with van der Waals surface area (Å²) in [5, 5.41) is 10.5. The number of carbonyl (C=O) groups is 3. The molecule has 3 aliphatic heterocycles. The summed E-state index contributed by atoms with van der Waals surface area (Å²) in [6.07, 6.45) is 4.22. The molecule has 4 N–H and O–H groups in total. The molecule has 0 saturated carbocycles. The second kappa shape index (κ2) is 13.1. The molecule has 2 fully saturated rings. The number of benzene rings is 1. The first kappa shape index (κ1) is 30.4. The first-order chi connectivity index (χ1) is 20.1. The Morgan fingerprint density at radius 1 is 1.12 bits per heavy atom. The number of hydrogen-bond donors (Lipinski definition) is 3. The van der Waals surface area contributed by atoms with Gasteiger partial charge >= 0.3 is 12.1 Å². The molecule has 0 aliphatic carbocycles. The van der Waals surface area contributed by atoms with Crippen molar-refractivity contribution in [3.63, 3.8) is 0 Å². The summed E-state index contributed by atoms with van der Waals surface area (Å²) in [7, 11) is 4.14. The second-order valence-electron chi connectivity index (χ2n) is 11.8. The summed E-state index contributed by atoms with van der Waals surface area (Å²) in [5.74, 6) is -0.0713. The lowest BCUT2D eigenvalue weighted by Gasteiger charge is -2.40. The average Bonchev–Trinajstić information content (AvgIpc) is 3.45. The van der Waals surface area contributed by atoms with Crippen LogP contribution in [0.1, 0.15) is 49.3 Å². The number of nitrogens with one attached hydrogen (secondary N) is 2. The van der Waals surface area contributed by atoms with Crippen LogP contribution in [0.25, 0.3) is 0 Å². The number of fused-ring (bicyclic) bond motifs is 1. The Morgan fingerprint density at radius 2 is 1.81 bits per heavy atom. The summed E-state index contributed by atoms with van der Waals surface area (Å²) < 4.78 is 0. The van der Waals surface area contributed by atoms with Crippen LogP contribution in [0.4, 0.5) is 21.0 Å². The predicted octanol–water partition coefficient (Wildman–Crippen LogP) is 4.23. The first-order valence-electron chi connectivity index (χ1n) is 14.8. The molecule has 1 atom stereocenters. The van der Waals surface area contributed by atoms with Crippen LogP contribution in [0.2, 0.25) is 5.02 Å². The van der Waals surface area contributed by atoms with Gasteiger partial charge in [-0.1, -0.05) is 24.6 Å². The van der Waals surface area contributed by atoms with Gasteiger partial charge in [0.2, 0.25) is 5.91 Å². The van der Waals surface area contributed by atoms with Crippen LogP contribution in [0.5, 0.6) is 0 Å². The van der Waals surface area contributed by atoms with Gasteiger partial charge in [-0.3, -0.25) is 4.79 Å². The van der Waals surface area contributed by atoms with Gasteiger partial charge in [0, 0.05) is 55.6 Å². The normalized spacial score (nSPS) is 19.1. The van der Waals surface area contributed by atoms with E-state index in [2.05, 4.69) is 35.0 Å². The van der Waals surface area contributed by atoms with Crippen LogP contribution in [-0.2, 0) is 24.2 Å². The fourth-order valence-corrected chi connectivity index (χ4v) is 7.36. The van der Waals surface area contributed by atoms with Gasteiger partial charge in [-0.05, 0) is 68.8 Å². The maximum absolute atomic E-state index is 13.8. The summed E-state index contributed by atoms with van der Waals surface area (Å²) in [6.45, 7) is 4.95. The topological polar surface area (TPSA) is 114 Å². The lowest BCUT2D eigenvalue weighted by molar-refractivity contribution is -0.134. The molecule has 5 amide bonds. The Hall–Kier alpha value is -3.02. The molecule has 42 heavy (non-hydrogen) atoms. The SMILES string of the molecule is CCc1cc(C[C@@H](NC(=O)N2CCC(N3Cc4cscc4NC3=O)CC2)C(=O)N2CCC(N(C)C)CC2)cc(Cl)c1N. The van der Waals surface area contributed by atoms with Gasteiger partial charge in [0.15, 0.2) is 0 Å². The van der Waals surface area contributed by atoms with E-state index in [1.165, 1.54) is 0 Å². The van der Waals surface area contributed by atoms with Crippen molar-refractivity contribution >= 4 is 52.3 Å². The van der Waals surface area contributed by atoms with Gasteiger partial charge in [0.05, 0.1) is 22.9 Å². The highest BCUT2D eigenvalue weighted by Gasteiger charge is 2.35. The molecule has 12 heteroatoms. The number of carbonyl (C=O) groups excluding carboxylic acids is 3. The average molecular weight is 616 g/mol. The number of nitrogen functional groups attached to an aromatic ring is 1. The van der Waals surface area contributed by atoms with E-state index < -0.39 is 6.04 Å². The standard InChI is InChI=1S/C30H42ClN7O3S/c1-4-20-13-19(14-24(31)27(20)32)15-25(28(39)36-9-5-22(6-10-36)35(2)3)33-29(40)37-11-7-23(8-12-37)38-16-21-17-42-18-26(21)34-30(38)41/h13-14,17-18,22-23,25H,4-12,15-16,32H2,1-3H3,(H,33,40)(H,34,41)/t25-/m1/s1. The molecule has 1 aromatic carbocycles. The van der Waals surface area contributed by atoms with Crippen molar-refractivity contribution < 1.29 is 14.4 Å². The molecule has 0 unspecified atom stereocenters. The molecule has 1 aromatic heterocycles. The van der Waals surface area contributed by atoms with E-state index >= 15 is 0 Å². The number of hydrogen-bond acceptors (Lipinski definition) is 6. The number of aryl methyl sites for hydroxylation is 1. The lowest BCUT2D eigenvalue weighted by Crippen LogP contribution is -2.57. The molecule has 4 heterocycles. The van der Waals surface area contributed by atoms with Gasteiger partial charge in [0.1, 0.15) is 6.04 Å². The van der Waals surface area contributed by atoms with Crippen molar-refractivity contribution in [2.75, 3.05) is 51.3 Å². The number of halogens is 1. The fourth-order valence-electron chi connectivity index (χ4n) is 6.32. The molecule has 2 aromatic rings. The number of thiophene rings is 1. The highest BCUT2D eigenvalue weighted by Crippen LogP contribution is 2.31. The molecule has 0 radical (unpaired) electrons. The zero-order valence-corrected chi connectivity index (χ0v) is 26.3. The third-order valence-electron chi connectivity index (χ3n) is 8.98. The van der Waals surface area contributed by atoms with Gasteiger partial charge in [-0.2, -0.15) is 0 Å². The molecule has 228 valence electrons. The van der Waals surface area contributed by atoms with E-state index in [-0.39, 0.29) is 24.0 Å². The summed E-state index contributed by atoms with van der Waals surface area (Å²) in [5.41, 5.74) is 10.5. The van der Waals surface area contributed by atoms with E-state index in [1.54, 1.807) is 22.3 Å². The van der Waals surface area contributed by atoms with E-state index in [4.69, 9.17) is 17.3 Å². The van der Waals surface area contributed by atoms with Crippen LogP contribution in [0.3, 0.4) is 0 Å². The number of rotatable bonds is 7. The molecule has 0 bridgehead atoms. The van der Waals surface area contributed by atoms with Crippen molar-refractivity contribution in [3.8, 4) is 0 Å². The van der Waals surface area contributed by atoms with Crippen molar-refractivity contribution in [2.45, 2.75) is 70.1 Å². The summed E-state index contributed by atoms with van der Waals surface area (Å²) >= 11 is 8.02. The van der Waals surface area contributed by atoms with E-state index in [1.807, 2.05) is 28.2 Å². The molecular formula is C30H42ClN7O3S. The largest absolute Gasteiger partial charge is 0.397 e. The van der Waals surface area contributed by atoms with E-state index in [0.717, 1.165) is 41.6 Å². The lowest BCUT2D eigenvalue weighted by atomic mass is 9.98. The number of amides is 5. The number of urea groups is 2. The van der Waals surface area contributed by atoms with Gasteiger partial charge in [-0.25, -0.2) is 9.59 Å². The maximum atomic E-state index is 13.8. The summed E-state index contributed by atoms with van der Waals surface area (Å²) in [4.78, 5) is 47.9. The molecular weight excluding hydrogens is 574 g/mol. The van der Waals surface area contributed by atoms with E-state index in [9.17, 15) is 14.4 Å². The Balaban J connectivity index is 1.25. The molecule has 5 rings (SSSR count). The zero-order valence-electron chi connectivity index (χ0n) is 24.7. The van der Waals surface area contributed by atoms with E-state index in [0.29, 0.717) is 68.7 Å². The Labute approximate surface area is 257 Å². The van der Waals surface area contributed by atoms with Crippen LogP contribution >= 0.6 is 22.9 Å². The van der Waals surface area contributed by atoms with Crippen LogP contribution in [0, 0.1) is 0 Å². The van der Waals surface area contributed by atoms with Crippen LogP contribution in [0.15, 0.2) is 22.9 Å². The van der Waals surface area contributed by atoms with Crippen molar-refractivity contribution in [1.29, 1.82) is 0 Å². The Bertz CT molecular complexity index is 1300. The zero-order chi connectivity index (χ0) is 30.0. The molecule has 3 aliphatic rings. The third kappa shape index (κ3) is 6.63. The molecule has 0 spiro atoms. The van der Waals surface area contributed by atoms with Crippen molar-refractivity contribution in [2.24, 2.45) is 0 Å². The fraction of sp³-hybridized carbons (Fsp3) is 0.567. The second-order valence-corrected chi connectivity index (χ2v) is 13.0. The third-order valence-corrected chi connectivity index (χ3v) is 10.1. The quantitative estimate of drug-likeness (QED) is 0.404. The van der Waals surface area contributed by atoms with Gasteiger partial charge in [-0.15, -0.1) is 11.3 Å². The minimum atomic E-state index is -0.722. The summed E-state index contributed by atoms with van der Waals surface area (Å²) in [6, 6.07) is 3.23. The Kier molecular flexibility index (Phi) is 9.49. The monoisotopic (exact) mass is 615 g/mol. The number of piperidine rings is 2. The van der Waals surface area contributed by atoms with Crippen molar-refractivity contribution in [1.82, 2.24) is 24.9 Å². The molecule has 10 nitrogen and oxygen atoms in total. The smallest absolute Gasteiger partial charge is 0.322 e. The maximum Gasteiger partial charge on any atom is 0.322 e. The number of nitrogens with zero attached hydrogens (tertiary/aromatic N) is 4. The Morgan fingerprint density at radius 3 is 2.48 bits per heavy atom. The highest BCUT2D eigenvalue weighted by molar-refractivity contribution is 7.08. The van der Waals surface area contributed by atoms with Crippen LogP contribution < -0.4 is 16.4 Å². The predicted molar refractivity (Wildman–Crippen MR) is 168 cm³/mol. The highest BCUT2D eigenvalue weighted by atomic mass is 35.5. The van der Waals surface area contributed by atoms with Gasteiger partial charge in [0.25, 0.3) is 0 Å². The minimum absolute atomic E-state index is 0.0573. The van der Waals surface area contributed by atoms with Crippen LogP contribution in [-0.4, -0.2) is 96.0 Å². The number of anilines is 2. The first-order valence-corrected chi connectivity index (χ1v) is 16.2. The van der Waals surface area contributed by atoms with Gasteiger partial charge < -0.3 is 36.0 Å². The molecule has 2 saturated heterocycles. The van der Waals surface area contributed by atoms with Crippen molar-refractivity contribution in [3.05, 3.63) is 44.6 Å².